The highest BCUT2D eigenvalue weighted by atomic mass is 15.2. The summed E-state index contributed by atoms with van der Waals surface area (Å²) in [6, 6.07) is 0.720. The van der Waals surface area contributed by atoms with Gasteiger partial charge in [0.1, 0.15) is 0 Å². The van der Waals surface area contributed by atoms with Crippen LogP contribution >= 0.6 is 0 Å². The van der Waals surface area contributed by atoms with E-state index in [1.54, 1.807) is 0 Å². The van der Waals surface area contributed by atoms with Crippen LogP contribution in [0.2, 0.25) is 0 Å². The zero-order valence-electron chi connectivity index (χ0n) is 14.4. The van der Waals surface area contributed by atoms with Crippen LogP contribution in [0, 0.1) is 12.8 Å². The van der Waals surface area contributed by atoms with E-state index in [-0.39, 0.29) is 0 Å². The van der Waals surface area contributed by atoms with Crippen LogP contribution in [0.3, 0.4) is 0 Å². The minimum Gasteiger partial charge on any atom is -0.354 e. The van der Waals surface area contributed by atoms with E-state index in [0.29, 0.717) is 0 Å². The zero-order valence-corrected chi connectivity index (χ0v) is 14.4. The first-order valence-electron chi connectivity index (χ1n) is 9.07. The third-order valence-corrected chi connectivity index (χ3v) is 5.25. The molecule has 22 heavy (non-hydrogen) atoms. The van der Waals surface area contributed by atoms with Crippen LogP contribution in [0.4, 0.5) is 5.95 Å². The highest BCUT2D eigenvalue weighted by molar-refractivity contribution is 5.37. The van der Waals surface area contributed by atoms with Gasteiger partial charge in [-0.1, -0.05) is 13.8 Å². The minimum atomic E-state index is 0.720. The van der Waals surface area contributed by atoms with Crippen LogP contribution < -0.4 is 5.32 Å². The second-order valence-corrected chi connectivity index (χ2v) is 6.90. The number of hydrogen-bond acceptors (Lipinski definition) is 4. The van der Waals surface area contributed by atoms with Crippen molar-refractivity contribution in [1.29, 1.82) is 0 Å². The van der Waals surface area contributed by atoms with Crippen molar-refractivity contribution in [2.45, 2.75) is 65.3 Å². The van der Waals surface area contributed by atoms with E-state index in [1.807, 2.05) is 0 Å². The summed E-state index contributed by atoms with van der Waals surface area (Å²) < 4.78 is 0. The van der Waals surface area contributed by atoms with Crippen LogP contribution in [-0.2, 0) is 12.8 Å². The number of fused-ring (bicyclic) bond motifs is 2. The molecule has 0 saturated carbocycles. The fraction of sp³-hybridized carbons (Fsp3) is 0.778. The molecule has 0 unspecified atom stereocenters. The Balaban J connectivity index is 1.83. The van der Waals surface area contributed by atoms with Crippen LogP contribution in [0.15, 0.2) is 0 Å². The molecule has 0 radical (unpaired) electrons. The largest absolute Gasteiger partial charge is 0.354 e. The average molecular weight is 302 g/mol. The number of hydrogen-bond donors (Lipinski definition) is 1. The fourth-order valence-electron chi connectivity index (χ4n) is 4.17. The molecule has 1 aromatic rings. The van der Waals surface area contributed by atoms with Gasteiger partial charge in [0.25, 0.3) is 0 Å². The molecule has 2 atom stereocenters. The number of anilines is 1. The smallest absolute Gasteiger partial charge is 0.223 e. The van der Waals surface area contributed by atoms with E-state index in [1.165, 1.54) is 49.3 Å². The molecular formula is C18H30N4. The monoisotopic (exact) mass is 302 g/mol. The molecule has 1 fully saturated rings. The summed E-state index contributed by atoms with van der Waals surface area (Å²) >= 11 is 0. The average Bonchev–Trinajstić information content (AvgIpc) is 2.52. The van der Waals surface area contributed by atoms with E-state index in [2.05, 4.69) is 31.0 Å². The SMILES string of the molecule is CCCNc1nc(C)c2c(n1)C[C@@H]1CCCN(CCC)[C@H]1C2. The number of nitrogens with one attached hydrogen (secondary N) is 1. The molecule has 1 aliphatic carbocycles. The predicted molar refractivity (Wildman–Crippen MR) is 91.3 cm³/mol. The van der Waals surface area contributed by atoms with E-state index in [0.717, 1.165) is 43.7 Å². The summed E-state index contributed by atoms with van der Waals surface area (Å²) in [6.45, 7) is 10.1. The predicted octanol–water partition coefficient (Wildman–Crippen LogP) is 3.20. The second-order valence-electron chi connectivity index (χ2n) is 6.90. The molecule has 1 aromatic heterocycles. The van der Waals surface area contributed by atoms with Crippen LogP contribution in [0.25, 0.3) is 0 Å². The molecular weight excluding hydrogens is 272 g/mol. The number of piperidine rings is 1. The first-order chi connectivity index (χ1) is 10.7. The maximum Gasteiger partial charge on any atom is 0.223 e. The van der Waals surface area contributed by atoms with Crippen LogP contribution in [0.5, 0.6) is 0 Å². The van der Waals surface area contributed by atoms with Gasteiger partial charge in [-0.2, -0.15) is 0 Å². The minimum absolute atomic E-state index is 0.720. The van der Waals surface area contributed by atoms with Gasteiger partial charge < -0.3 is 5.32 Å². The Morgan fingerprint density at radius 2 is 2.05 bits per heavy atom. The molecule has 3 rings (SSSR count). The Bertz CT molecular complexity index is 512. The lowest BCUT2D eigenvalue weighted by molar-refractivity contribution is 0.0843. The third-order valence-electron chi connectivity index (χ3n) is 5.25. The van der Waals surface area contributed by atoms with Crippen molar-refractivity contribution in [1.82, 2.24) is 14.9 Å². The normalized spacial score (nSPS) is 24.7. The van der Waals surface area contributed by atoms with Crippen molar-refractivity contribution in [3.63, 3.8) is 0 Å². The summed E-state index contributed by atoms with van der Waals surface area (Å²) in [5, 5.41) is 3.35. The number of likely N-dealkylation sites (tertiary alicyclic amines) is 1. The maximum absolute atomic E-state index is 4.83. The molecule has 1 aliphatic heterocycles. The highest BCUT2D eigenvalue weighted by Crippen LogP contribution is 2.35. The second kappa shape index (κ2) is 6.95. The molecule has 2 aliphatic rings. The molecule has 0 amide bonds. The molecule has 4 nitrogen and oxygen atoms in total. The Morgan fingerprint density at radius 3 is 2.82 bits per heavy atom. The number of rotatable bonds is 5. The van der Waals surface area contributed by atoms with E-state index in [4.69, 9.17) is 9.97 Å². The fourth-order valence-corrected chi connectivity index (χ4v) is 4.17. The standard InChI is InChI=1S/C18H30N4/c1-4-8-19-18-20-13(3)15-12-17-14(11-16(15)21-18)7-6-10-22(17)9-5-2/h14,17H,4-12H2,1-3H3,(H,19,20,21)/t14-,17-/m0/s1. The summed E-state index contributed by atoms with van der Waals surface area (Å²) in [4.78, 5) is 12.2. The van der Waals surface area contributed by atoms with E-state index in [9.17, 15) is 0 Å². The zero-order chi connectivity index (χ0) is 15.5. The topological polar surface area (TPSA) is 41.1 Å². The Hall–Kier alpha value is -1.16. The van der Waals surface area contributed by atoms with Crippen molar-refractivity contribution in [2.75, 3.05) is 25.0 Å². The third kappa shape index (κ3) is 3.12. The van der Waals surface area contributed by atoms with Gasteiger partial charge in [-0.3, -0.25) is 4.90 Å². The van der Waals surface area contributed by atoms with Crippen molar-refractivity contribution in [2.24, 2.45) is 5.92 Å². The molecule has 1 saturated heterocycles. The lowest BCUT2D eigenvalue weighted by Gasteiger charge is -2.44. The Morgan fingerprint density at radius 1 is 1.18 bits per heavy atom. The highest BCUT2D eigenvalue weighted by Gasteiger charge is 2.36. The van der Waals surface area contributed by atoms with Crippen LogP contribution in [0.1, 0.15) is 56.5 Å². The van der Waals surface area contributed by atoms with Gasteiger partial charge in [-0.15, -0.1) is 0 Å². The lowest BCUT2D eigenvalue weighted by Crippen LogP contribution is -2.49. The van der Waals surface area contributed by atoms with Gasteiger partial charge in [-0.25, -0.2) is 9.97 Å². The van der Waals surface area contributed by atoms with Gasteiger partial charge >= 0.3 is 0 Å². The molecule has 0 aromatic carbocycles. The van der Waals surface area contributed by atoms with E-state index >= 15 is 0 Å². The first kappa shape index (κ1) is 15.7. The van der Waals surface area contributed by atoms with Gasteiger partial charge in [0.15, 0.2) is 0 Å². The van der Waals surface area contributed by atoms with Crippen LogP contribution in [-0.4, -0.2) is 40.5 Å². The van der Waals surface area contributed by atoms with Crippen molar-refractivity contribution < 1.29 is 0 Å². The molecule has 1 N–H and O–H groups in total. The summed E-state index contributed by atoms with van der Waals surface area (Å²) in [7, 11) is 0. The van der Waals surface area contributed by atoms with E-state index < -0.39 is 0 Å². The lowest BCUT2D eigenvalue weighted by atomic mass is 9.76. The van der Waals surface area contributed by atoms with Gasteiger partial charge in [0.05, 0.1) is 0 Å². The maximum atomic E-state index is 4.83. The molecule has 2 heterocycles. The molecule has 0 bridgehead atoms. The van der Waals surface area contributed by atoms with Gasteiger partial charge in [0, 0.05) is 24.0 Å². The molecule has 0 spiro atoms. The van der Waals surface area contributed by atoms with Gasteiger partial charge in [-0.05, 0) is 70.0 Å². The first-order valence-corrected chi connectivity index (χ1v) is 9.07. The Labute approximate surface area is 134 Å². The summed E-state index contributed by atoms with van der Waals surface area (Å²) in [6.07, 6.45) is 7.37. The van der Waals surface area contributed by atoms with Crippen molar-refractivity contribution in [3.05, 3.63) is 17.0 Å². The van der Waals surface area contributed by atoms with Gasteiger partial charge in [0.2, 0.25) is 5.95 Å². The quantitative estimate of drug-likeness (QED) is 0.907. The molecule has 122 valence electrons. The van der Waals surface area contributed by atoms with Crippen molar-refractivity contribution in [3.8, 4) is 0 Å². The molecule has 4 heteroatoms. The number of nitrogens with zero attached hydrogens (tertiary/aromatic N) is 3. The summed E-state index contributed by atoms with van der Waals surface area (Å²) in [5.74, 6) is 1.62. The number of aromatic nitrogens is 2. The Kier molecular flexibility index (Phi) is 4.97. The number of aryl methyl sites for hydroxylation is 1. The van der Waals surface area contributed by atoms with Crippen molar-refractivity contribution >= 4 is 5.95 Å². The summed E-state index contributed by atoms with van der Waals surface area (Å²) in [5.41, 5.74) is 3.92.